The zero-order chi connectivity index (χ0) is 18.1. The number of carbonyl (C=O) groups is 2. The molecule has 3 heterocycles. The summed E-state index contributed by atoms with van der Waals surface area (Å²) in [5.41, 5.74) is 3.28. The summed E-state index contributed by atoms with van der Waals surface area (Å²) >= 11 is 0. The highest BCUT2D eigenvalue weighted by atomic mass is 16.2. The summed E-state index contributed by atoms with van der Waals surface area (Å²) in [6.45, 7) is 2.83. The van der Waals surface area contributed by atoms with Crippen molar-refractivity contribution >= 4 is 23.1 Å². The van der Waals surface area contributed by atoms with E-state index in [9.17, 15) is 9.59 Å². The summed E-state index contributed by atoms with van der Waals surface area (Å²) in [7, 11) is 0. The minimum absolute atomic E-state index is 0.111. The van der Waals surface area contributed by atoms with E-state index in [1.54, 1.807) is 11.0 Å². The van der Waals surface area contributed by atoms with E-state index in [1.807, 2.05) is 47.9 Å². The lowest BCUT2D eigenvalue weighted by molar-refractivity contribution is -0.118. The van der Waals surface area contributed by atoms with Crippen molar-refractivity contribution in [3.8, 4) is 0 Å². The number of hydrogen-bond acceptors (Lipinski definition) is 4. The summed E-state index contributed by atoms with van der Waals surface area (Å²) in [4.78, 5) is 26.3. The van der Waals surface area contributed by atoms with Crippen LogP contribution < -0.4 is 10.2 Å². The number of hydrogen-bond donors (Lipinski definition) is 1. The first-order valence-corrected chi connectivity index (χ1v) is 8.67. The topological polar surface area (TPSA) is 79.6 Å². The molecule has 132 valence electrons. The molecule has 0 atom stereocenters. The van der Waals surface area contributed by atoms with Gasteiger partial charge in [0.05, 0.1) is 6.54 Å². The minimum Gasteiger partial charge on any atom is -0.345 e. The second-order valence-corrected chi connectivity index (χ2v) is 6.22. The molecular formula is C19H19N5O2. The van der Waals surface area contributed by atoms with E-state index in [0.717, 1.165) is 23.3 Å². The van der Waals surface area contributed by atoms with Gasteiger partial charge in [-0.2, -0.15) is 0 Å². The number of nitrogens with zero attached hydrogens (tertiary/aromatic N) is 4. The molecule has 0 fully saturated rings. The highest BCUT2D eigenvalue weighted by molar-refractivity contribution is 5.98. The molecule has 3 aromatic rings. The third-order valence-corrected chi connectivity index (χ3v) is 4.63. The molecule has 7 nitrogen and oxygen atoms in total. The summed E-state index contributed by atoms with van der Waals surface area (Å²) in [6.07, 6.45) is 3.12. The molecule has 2 amide bonds. The first kappa shape index (κ1) is 16.3. The van der Waals surface area contributed by atoms with Crippen molar-refractivity contribution in [2.24, 2.45) is 0 Å². The molecule has 0 saturated heterocycles. The maximum Gasteiger partial charge on any atom is 0.251 e. The molecule has 1 aliphatic rings. The summed E-state index contributed by atoms with van der Waals surface area (Å²) < 4.78 is 1.84. The summed E-state index contributed by atoms with van der Waals surface area (Å²) in [5, 5.41) is 11.1. The lowest BCUT2D eigenvalue weighted by Gasteiger charge is -2.16. The van der Waals surface area contributed by atoms with Crippen LogP contribution in [0.2, 0.25) is 0 Å². The number of benzene rings is 1. The van der Waals surface area contributed by atoms with E-state index in [2.05, 4.69) is 15.5 Å². The lowest BCUT2D eigenvalue weighted by atomic mass is 10.1. The molecule has 1 aliphatic heterocycles. The van der Waals surface area contributed by atoms with Crippen LogP contribution in [-0.4, -0.2) is 33.0 Å². The molecule has 0 spiro atoms. The Morgan fingerprint density at radius 1 is 1.19 bits per heavy atom. The van der Waals surface area contributed by atoms with Gasteiger partial charge in [-0.3, -0.25) is 14.0 Å². The Labute approximate surface area is 150 Å². The normalized spacial score (nSPS) is 13.0. The van der Waals surface area contributed by atoms with Gasteiger partial charge in [0.2, 0.25) is 5.91 Å². The fourth-order valence-corrected chi connectivity index (χ4v) is 3.27. The first-order chi connectivity index (χ1) is 12.7. The number of nitrogens with one attached hydrogen (secondary N) is 1. The molecule has 1 N–H and O–H groups in total. The zero-order valence-electron chi connectivity index (χ0n) is 14.5. The van der Waals surface area contributed by atoms with Crippen LogP contribution >= 0.6 is 0 Å². The second-order valence-electron chi connectivity index (χ2n) is 6.22. The van der Waals surface area contributed by atoms with Gasteiger partial charge in [-0.1, -0.05) is 13.0 Å². The Morgan fingerprint density at radius 3 is 2.92 bits per heavy atom. The SMILES string of the molecule is CCC(=O)N1CCc2cc(C(=O)NCc3nnc4ccccn34)ccc21. The van der Waals surface area contributed by atoms with Gasteiger partial charge in [0, 0.05) is 30.4 Å². The Bertz CT molecular complexity index is 995. The summed E-state index contributed by atoms with van der Waals surface area (Å²) in [5.74, 6) is 0.621. The number of carbonyl (C=O) groups excluding carboxylic acids is 2. The third-order valence-electron chi connectivity index (χ3n) is 4.63. The van der Waals surface area contributed by atoms with Crippen LogP contribution in [-0.2, 0) is 17.8 Å². The highest BCUT2D eigenvalue weighted by Gasteiger charge is 2.24. The largest absolute Gasteiger partial charge is 0.345 e. The number of aromatic nitrogens is 3. The highest BCUT2D eigenvalue weighted by Crippen LogP contribution is 2.29. The van der Waals surface area contributed by atoms with Gasteiger partial charge in [0.25, 0.3) is 5.91 Å². The monoisotopic (exact) mass is 349 g/mol. The third kappa shape index (κ3) is 2.81. The number of fused-ring (bicyclic) bond motifs is 2. The van der Waals surface area contributed by atoms with E-state index in [-0.39, 0.29) is 11.8 Å². The van der Waals surface area contributed by atoms with Crippen LogP contribution in [0.5, 0.6) is 0 Å². The maximum atomic E-state index is 12.5. The summed E-state index contributed by atoms with van der Waals surface area (Å²) in [6, 6.07) is 11.1. The van der Waals surface area contributed by atoms with Crippen LogP contribution in [0.15, 0.2) is 42.6 Å². The first-order valence-electron chi connectivity index (χ1n) is 8.67. The standard InChI is InChI=1S/C19H19N5O2/c1-2-18(25)23-10-8-13-11-14(6-7-15(13)23)19(26)20-12-17-22-21-16-5-3-4-9-24(16)17/h3-7,9,11H,2,8,10,12H2,1H3,(H,20,26). The fraction of sp³-hybridized carbons (Fsp3) is 0.263. The van der Waals surface area contributed by atoms with E-state index in [4.69, 9.17) is 0 Å². The average molecular weight is 349 g/mol. The molecule has 2 aromatic heterocycles. The lowest BCUT2D eigenvalue weighted by Crippen LogP contribution is -2.28. The smallest absolute Gasteiger partial charge is 0.251 e. The number of anilines is 1. The minimum atomic E-state index is -0.166. The van der Waals surface area contributed by atoms with Gasteiger partial charge < -0.3 is 10.2 Å². The van der Waals surface area contributed by atoms with Crippen molar-refractivity contribution in [1.29, 1.82) is 0 Å². The molecule has 0 radical (unpaired) electrons. The van der Waals surface area contributed by atoms with Crippen LogP contribution in [0.25, 0.3) is 5.65 Å². The molecule has 0 bridgehead atoms. The van der Waals surface area contributed by atoms with Gasteiger partial charge in [-0.25, -0.2) is 0 Å². The quantitative estimate of drug-likeness (QED) is 0.781. The predicted molar refractivity (Wildman–Crippen MR) is 96.9 cm³/mol. The fourth-order valence-electron chi connectivity index (χ4n) is 3.27. The molecule has 7 heteroatoms. The Morgan fingerprint density at radius 2 is 2.08 bits per heavy atom. The molecule has 26 heavy (non-hydrogen) atoms. The number of rotatable bonds is 4. The Hall–Kier alpha value is -3.22. The number of pyridine rings is 1. The van der Waals surface area contributed by atoms with E-state index in [0.29, 0.717) is 30.9 Å². The second kappa shape index (κ2) is 6.59. The van der Waals surface area contributed by atoms with Crippen LogP contribution in [0, 0.1) is 0 Å². The van der Waals surface area contributed by atoms with E-state index >= 15 is 0 Å². The van der Waals surface area contributed by atoms with Crippen molar-refractivity contribution in [1.82, 2.24) is 19.9 Å². The molecular weight excluding hydrogens is 330 g/mol. The van der Waals surface area contributed by atoms with Crippen LogP contribution in [0.4, 0.5) is 5.69 Å². The predicted octanol–water partition coefficient (Wildman–Crippen LogP) is 1.96. The molecule has 0 unspecified atom stereocenters. The van der Waals surface area contributed by atoms with Crippen molar-refractivity contribution < 1.29 is 9.59 Å². The van der Waals surface area contributed by atoms with Gasteiger partial charge in [0.15, 0.2) is 11.5 Å². The van der Waals surface area contributed by atoms with E-state index < -0.39 is 0 Å². The number of amides is 2. The average Bonchev–Trinajstić information content (AvgIpc) is 3.29. The maximum absolute atomic E-state index is 12.5. The van der Waals surface area contributed by atoms with Crippen molar-refractivity contribution in [2.75, 3.05) is 11.4 Å². The van der Waals surface area contributed by atoms with Crippen molar-refractivity contribution in [3.63, 3.8) is 0 Å². The van der Waals surface area contributed by atoms with Crippen molar-refractivity contribution in [3.05, 3.63) is 59.5 Å². The van der Waals surface area contributed by atoms with Gasteiger partial charge >= 0.3 is 0 Å². The molecule has 4 rings (SSSR count). The van der Waals surface area contributed by atoms with Gasteiger partial charge in [0.1, 0.15) is 0 Å². The van der Waals surface area contributed by atoms with Crippen molar-refractivity contribution in [2.45, 2.75) is 26.3 Å². The molecule has 0 aliphatic carbocycles. The molecule has 1 aromatic carbocycles. The van der Waals surface area contributed by atoms with Crippen LogP contribution in [0.1, 0.15) is 35.1 Å². The zero-order valence-corrected chi connectivity index (χ0v) is 14.5. The molecule has 0 saturated carbocycles. The van der Waals surface area contributed by atoms with Crippen LogP contribution in [0.3, 0.4) is 0 Å². The van der Waals surface area contributed by atoms with Gasteiger partial charge in [-0.05, 0) is 42.3 Å². The van der Waals surface area contributed by atoms with Gasteiger partial charge in [-0.15, -0.1) is 10.2 Å². The van der Waals surface area contributed by atoms with E-state index in [1.165, 1.54) is 0 Å². The Kier molecular flexibility index (Phi) is 4.12. The Balaban J connectivity index is 1.48.